The van der Waals surface area contributed by atoms with Crippen molar-refractivity contribution < 1.29 is 33.3 Å². The van der Waals surface area contributed by atoms with E-state index in [1.54, 1.807) is 32.2 Å². The number of rotatable bonds is 11. The molecule has 1 N–H and O–H groups in total. The van der Waals surface area contributed by atoms with Crippen molar-refractivity contribution in [2.45, 2.75) is 45.6 Å². The van der Waals surface area contributed by atoms with E-state index in [9.17, 15) is 19.1 Å². The number of hydrogen-bond acceptors (Lipinski definition) is 6. The third-order valence-electron chi connectivity index (χ3n) is 5.07. The van der Waals surface area contributed by atoms with Gasteiger partial charge in [-0.2, -0.15) is 0 Å². The van der Waals surface area contributed by atoms with Gasteiger partial charge in [-0.25, -0.2) is 4.39 Å². The molecule has 33 heavy (non-hydrogen) atoms. The lowest BCUT2D eigenvalue weighted by Gasteiger charge is -2.21. The maximum Gasteiger partial charge on any atom is 0.313 e. The molecule has 2 aromatic rings. The lowest BCUT2D eigenvalue weighted by atomic mass is 9.88. The maximum atomic E-state index is 13.6. The number of methoxy groups -OCH3 is 2. The quantitative estimate of drug-likeness (QED) is 0.380. The molecule has 0 fully saturated rings. The monoisotopic (exact) mass is 458 g/mol. The van der Waals surface area contributed by atoms with Crippen molar-refractivity contribution in [1.82, 2.24) is 0 Å². The Labute approximate surface area is 194 Å². The number of aliphatic hydroxyl groups excluding tert-OH is 1. The van der Waals surface area contributed by atoms with Gasteiger partial charge in [0.25, 0.3) is 0 Å². The van der Waals surface area contributed by atoms with Crippen molar-refractivity contribution in [2.24, 2.45) is 0 Å². The van der Waals surface area contributed by atoms with Crippen LogP contribution >= 0.6 is 0 Å². The largest absolute Gasteiger partial charge is 0.493 e. The highest BCUT2D eigenvalue weighted by molar-refractivity contribution is 5.96. The van der Waals surface area contributed by atoms with Gasteiger partial charge in [0.05, 0.1) is 26.9 Å². The van der Waals surface area contributed by atoms with Crippen LogP contribution in [-0.2, 0) is 14.3 Å². The minimum absolute atomic E-state index is 0.0891. The second-order valence-corrected chi connectivity index (χ2v) is 7.80. The van der Waals surface area contributed by atoms with Gasteiger partial charge >= 0.3 is 5.97 Å². The number of esters is 1. The summed E-state index contributed by atoms with van der Waals surface area (Å²) >= 11 is 0. The summed E-state index contributed by atoms with van der Waals surface area (Å²) in [5.41, 5.74) is 3.07. The van der Waals surface area contributed by atoms with Crippen LogP contribution in [0.15, 0.2) is 36.4 Å². The molecule has 2 rings (SSSR count). The van der Waals surface area contributed by atoms with Crippen LogP contribution in [0.25, 0.3) is 17.2 Å². The summed E-state index contributed by atoms with van der Waals surface area (Å²) in [7, 11) is 3.07. The molecule has 0 heterocycles. The van der Waals surface area contributed by atoms with Gasteiger partial charge in [-0.05, 0) is 47.7 Å². The average molecular weight is 459 g/mol. The molecule has 0 radical (unpaired) electrons. The lowest BCUT2D eigenvalue weighted by Crippen LogP contribution is -2.16. The van der Waals surface area contributed by atoms with Crippen LogP contribution in [0.4, 0.5) is 4.39 Å². The smallest absolute Gasteiger partial charge is 0.313 e. The van der Waals surface area contributed by atoms with Crippen LogP contribution in [0.1, 0.15) is 50.7 Å². The first-order chi connectivity index (χ1) is 15.7. The van der Waals surface area contributed by atoms with E-state index in [0.717, 1.165) is 11.1 Å². The highest BCUT2D eigenvalue weighted by atomic mass is 19.1. The van der Waals surface area contributed by atoms with E-state index in [-0.39, 0.29) is 31.2 Å². The number of carbonyl (C=O) groups is 2. The highest BCUT2D eigenvalue weighted by Gasteiger charge is 2.22. The van der Waals surface area contributed by atoms with Crippen LogP contribution < -0.4 is 9.47 Å². The van der Waals surface area contributed by atoms with E-state index in [4.69, 9.17) is 14.2 Å². The summed E-state index contributed by atoms with van der Waals surface area (Å²) in [5, 5.41) is 10.4. The average Bonchev–Trinajstić information content (AvgIpc) is 2.76. The Balaban J connectivity index is 2.50. The summed E-state index contributed by atoms with van der Waals surface area (Å²) in [6, 6.07) is 7.88. The fourth-order valence-electron chi connectivity index (χ4n) is 3.54. The van der Waals surface area contributed by atoms with E-state index in [1.165, 1.54) is 25.3 Å². The van der Waals surface area contributed by atoms with Gasteiger partial charge in [0.15, 0.2) is 11.5 Å². The van der Waals surface area contributed by atoms with Gasteiger partial charge in [0.2, 0.25) is 0 Å². The van der Waals surface area contributed by atoms with Crippen molar-refractivity contribution in [3.8, 4) is 22.6 Å². The Morgan fingerprint density at radius 2 is 1.79 bits per heavy atom. The zero-order valence-electron chi connectivity index (χ0n) is 19.7. The summed E-state index contributed by atoms with van der Waals surface area (Å²) < 4.78 is 29.5. The van der Waals surface area contributed by atoms with Crippen molar-refractivity contribution in [2.75, 3.05) is 20.8 Å². The molecular formula is C26H31FO6. The topological polar surface area (TPSA) is 82.1 Å². The van der Waals surface area contributed by atoms with Gasteiger partial charge in [-0.15, -0.1) is 0 Å². The summed E-state index contributed by atoms with van der Waals surface area (Å²) in [4.78, 5) is 23.6. The second-order valence-electron chi connectivity index (χ2n) is 7.80. The summed E-state index contributed by atoms with van der Waals surface area (Å²) in [6.45, 7) is 5.89. The van der Waals surface area contributed by atoms with Gasteiger partial charge in [-0.1, -0.05) is 38.1 Å². The zero-order valence-corrected chi connectivity index (χ0v) is 19.7. The molecule has 178 valence electrons. The van der Waals surface area contributed by atoms with Crippen molar-refractivity contribution in [1.29, 1.82) is 0 Å². The molecule has 0 saturated heterocycles. The number of Topliss-reactive ketones (excluding diaryl/α,β-unsaturated/α-hetero) is 1. The maximum absolute atomic E-state index is 13.6. The van der Waals surface area contributed by atoms with Crippen LogP contribution in [0, 0.1) is 5.82 Å². The number of carbonyl (C=O) groups excluding carboxylic acids is 2. The predicted molar refractivity (Wildman–Crippen MR) is 125 cm³/mol. The standard InChI is InChI=1S/C26H31FO6/c1-6-33-24(30)14-20(29)13-19(28)11-12-21-22(16(2)3)15-23(31-4)26(32-5)25(21)17-7-9-18(27)10-8-17/h7-12,15-16,19,28H,6,13-14H2,1-5H3. The number of ketones is 1. The van der Waals surface area contributed by atoms with Gasteiger partial charge in [0, 0.05) is 12.0 Å². The molecule has 2 aromatic carbocycles. The Morgan fingerprint density at radius 3 is 2.33 bits per heavy atom. The van der Waals surface area contributed by atoms with Gasteiger partial charge < -0.3 is 19.3 Å². The van der Waals surface area contributed by atoms with E-state index in [1.807, 2.05) is 19.9 Å². The Morgan fingerprint density at radius 1 is 1.12 bits per heavy atom. The fraction of sp³-hybridized carbons (Fsp3) is 0.385. The SMILES string of the molecule is CCOC(=O)CC(=O)CC(O)C=Cc1c(C(C)C)cc(OC)c(OC)c1-c1ccc(F)cc1. The number of halogens is 1. The van der Waals surface area contributed by atoms with Gasteiger partial charge in [0.1, 0.15) is 18.0 Å². The van der Waals surface area contributed by atoms with E-state index >= 15 is 0 Å². The molecule has 1 unspecified atom stereocenters. The van der Waals surface area contributed by atoms with Crippen molar-refractivity contribution >= 4 is 17.8 Å². The molecule has 7 heteroatoms. The van der Waals surface area contributed by atoms with E-state index in [2.05, 4.69) is 0 Å². The summed E-state index contributed by atoms with van der Waals surface area (Å²) in [5.74, 6) is -0.299. The molecule has 0 amide bonds. The molecule has 0 aliphatic carbocycles. The molecule has 0 aliphatic heterocycles. The number of aliphatic hydroxyl groups is 1. The molecular weight excluding hydrogens is 427 g/mol. The predicted octanol–water partition coefficient (Wildman–Crippen LogP) is 4.92. The number of ether oxygens (including phenoxy) is 3. The number of hydrogen-bond donors (Lipinski definition) is 1. The zero-order chi connectivity index (χ0) is 24.5. The van der Waals surface area contributed by atoms with Crippen LogP contribution in [0.3, 0.4) is 0 Å². The first-order valence-electron chi connectivity index (χ1n) is 10.8. The third-order valence-corrected chi connectivity index (χ3v) is 5.07. The molecule has 0 bridgehead atoms. The molecule has 1 atom stereocenters. The minimum Gasteiger partial charge on any atom is -0.493 e. The minimum atomic E-state index is -1.10. The summed E-state index contributed by atoms with van der Waals surface area (Å²) in [6.07, 6.45) is 1.53. The van der Waals surface area contributed by atoms with E-state index in [0.29, 0.717) is 22.6 Å². The van der Waals surface area contributed by atoms with Crippen molar-refractivity contribution in [3.05, 3.63) is 53.4 Å². The van der Waals surface area contributed by atoms with Crippen LogP contribution in [0.2, 0.25) is 0 Å². The Hall–Kier alpha value is -3.19. The fourth-order valence-corrected chi connectivity index (χ4v) is 3.54. The lowest BCUT2D eigenvalue weighted by molar-refractivity contribution is -0.145. The molecule has 0 saturated carbocycles. The first-order valence-corrected chi connectivity index (χ1v) is 10.8. The second kappa shape index (κ2) is 12.2. The molecule has 0 aliphatic rings. The van der Waals surface area contributed by atoms with Crippen LogP contribution in [-0.4, -0.2) is 43.8 Å². The first kappa shape index (κ1) is 26.1. The number of benzene rings is 2. The van der Waals surface area contributed by atoms with Gasteiger partial charge in [-0.3, -0.25) is 9.59 Å². The Bertz CT molecular complexity index is 995. The Kier molecular flexibility index (Phi) is 9.60. The normalized spacial score (nSPS) is 12.1. The molecule has 0 spiro atoms. The van der Waals surface area contributed by atoms with Crippen molar-refractivity contribution in [3.63, 3.8) is 0 Å². The third kappa shape index (κ3) is 6.89. The van der Waals surface area contributed by atoms with Crippen LogP contribution in [0.5, 0.6) is 11.5 Å². The highest BCUT2D eigenvalue weighted by Crippen LogP contribution is 2.45. The van der Waals surface area contributed by atoms with E-state index < -0.39 is 17.9 Å². The molecule has 6 nitrogen and oxygen atoms in total. The molecule has 0 aromatic heterocycles.